The average molecular weight is 572 g/mol. The Kier molecular flexibility index (Phi) is 12.6. The van der Waals surface area contributed by atoms with Crippen LogP contribution in [0.15, 0.2) is 42.5 Å². The summed E-state index contributed by atoms with van der Waals surface area (Å²) in [6, 6.07) is 12.8. The van der Waals surface area contributed by atoms with Crippen LogP contribution in [-0.4, -0.2) is 82.2 Å². The van der Waals surface area contributed by atoms with Gasteiger partial charge in [0.15, 0.2) is 11.5 Å². The third-order valence-electron chi connectivity index (χ3n) is 6.72. The molecule has 2 atom stereocenters. The van der Waals surface area contributed by atoms with E-state index < -0.39 is 6.09 Å². The zero-order valence-electron chi connectivity index (χ0n) is 25.1. The molecule has 2 aromatic rings. The predicted molar refractivity (Wildman–Crippen MR) is 157 cm³/mol. The fraction of sp³-hybridized carbons (Fsp3) is 0.548. The van der Waals surface area contributed by atoms with E-state index in [1.807, 2.05) is 56.9 Å². The van der Waals surface area contributed by atoms with E-state index in [9.17, 15) is 9.59 Å². The lowest BCUT2D eigenvalue weighted by molar-refractivity contribution is 0.0521. The summed E-state index contributed by atoms with van der Waals surface area (Å²) in [5.74, 6) is 1.65. The van der Waals surface area contributed by atoms with Gasteiger partial charge in [0.1, 0.15) is 11.9 Å². The number of nitrogens with one attached hydrogen (secondary N) is 2. The largest absolute Gasteiger partial charge is 0.493 e. The monoisotopic (exact) mass is 571 g/mol. The molecule has 0 unspecified atom stereocenters. The van der Waals surface area contributed by atoms with E-state index in [-0.39, 0.29) is 30.1 Å². The Morgan fingerprint density at radius 2 is 1.83 bits per heavy atom. The Morgan fingerprint density at radius 3 is 2.54 bits per heavy atom. The summed E-state index contributed by atoms with van der Waals surface area (Å²) >= 11 is 0. The maximum absolute atomic E-state index is 13.6. The molecule has 2 amide bonds. The molecule has 1 aliphatic rings. The molecule has 0 aliphatic carbocycles. The number of benzene rings is 2. The molecule has 2 aromatic carbocycles. The van der Waals surface area contributed by atoms with E-state index in [4.69, 9.17) is 23.7 Å². The lowest BCUT2D eigenvalue weighted by atomic mass is 10.0. The van der Waals surface area contributed by atoms with E-state index in [1.54, 1.807) is 32.4 Å². The minimum absolute atomic E-state index is 0.0575. The van der Waals surface area contributed by atoms with Crippen LogP contribution in [0.2, 0.25) is 0 Å². The molecule has 3 rings (SSSR count). The number of ether oxygens (including phenoxy) is 5. The molecular weight excluding hydrogens is 526 g/mol. The topological polar surface area (TPSA) is 108 Å². The van der Waals surface area contributed by atoms with Gasteiger partial charge in [-0.3, -0.25) is 4.79 Å². The SMILES string of the molecule is COCCCOc1cc(C(=O)N(C[C@@H]2CNC[C@H]2OC(=O)NCc2cccc(OC(C)C)c2)C(C)C)ccc1OC. The summed E-state index contributed by atoms with van der Waals surface area (Å²) in [5, 5.41) is 6.14. The van der Waals surface area contributed by atoms with Gasteiger partial charge in [0, 0.05) is 63.8 Å². The summed E-state index contributed by atoms with van der Waals surface area (Å²) in [7, 11) is 3.22. The van der Waals surface area contributed by atoms with Crippen LogP contribution in [0.5, 0.6) is 17.2 Å². The van der Waals surface area contributed by atoms with Gasteiger partial charge >= 0.3 is 6.09 Å². The molecule has 0 aromatic heterocycles. The summed E-state index contributed by atoms with van der Waals surface area (Å²) in [6.07, 6.45) is -0.0706. The number of nitrogens with zero attached hydrogens (tertiary/aromatic N) is 1. The zero-order chi connectivity index (χ0) is 29.8. The normalized spacial score (nSPS) is 16.5. The third kappa shape index (κ3) is 9.82. The van der Waals surface area contributed by atoms with Gasteiger partial charge in [-0.05, 0) is 63.6 Å². The average Bonchev–Trinajstić information content (AvgIpc) is 3.38. The number of alkyl carbamates (subject to hydrolysis) is 1. The summed E-state index contributed by atoms with van der Waals surface area (Å²) in [5.41, 5.74) is 1.42. The smallest absolute Gasteiger partial charge is 0.407 e. The summed E-state index contributed by atoms with van der Waals surface area (Å²) in [6.45, 7) is 10.8. The van der Waals surface area contributed by atoms with Crippen molar-refractivity contribution in [3.8, 4) is 17.2 Å². The van der Waals surface area contributed by atoms with Crippen LogP contribution in [0.3, 0.4) is 0 Å². The standard InChI is InChI=1S/C31H45N3O7/c1-21(2)34(30(35)24-11-12-27(38-6)28(16-24)39-14-8-13-37-5)20-25-18-32-19-29(25)41-31(36)33-17-23-9-7-10-26(15-23)40-22(3)4/h7,9-12,15-16,21-22,25,29,32H,8,13-14,17-20H2,1-6H3,(H,33,36)/t25-,29+/m0/s1. The number of hydrogen-bond acceptors (Lipinski definition) is 8. The highest BCUT2D eigenvalue weighted by atomic mass is 16.6. The van der Waals surface area contributed by atoms with Crippen molar-refractivity contribution in [3.05, 3.63) is 53.6 Å². The van der Waals surface area contributed by atoms with Gasteiger partial charge in [-0.1, -0.05) is 12.1 Å². The van der Waals surface area contributed by atoms with Crippen LogP contribution >= 0.6 is 0 Å². The Labute approximate surface area is 243 Å². The van der Waals surface area contributed by atoms with Gasteiger partial charge in [-0.2, -0.15) is 0 Å². The molecule has 1 aliphatic heterocycles. The quantitative estimate of drug-likeness (QED) is 0.306. The van der Waals surface area contributed by atoms with Crippen LogP contribution in [0, 0.1) is 5.92 Å². The second kappa shape index (κ2) is 16.1. The van der Waals surface area contributed by atoms with Gasteiger partial charge in [0.2, 0.25) is 0 Å². The van der Waals surface area contributed by atoms with Crippen molar-refractivity contribution >= 4 is 12.0 Å². The molecule has 41 heavy (non-hydrogen) atoms. The first-order valence-corrected chi connectivity index (χ1v) is 14.2. The highest BCUT2D eigenvalue weighted by molar-refractivity contribution is 5.95. The molecule has 1 fully saturated rings. The van der Waals surface area contributed by atoms with E-state index in [1.165, 1.54) is 0 Å². The summed E-state index contributed by atoms with van der Waals surface area (Å²) in [4.78, 5) is 28.1. The van der Waals surface area contributed by atoms with E-state index in [0.29, 0.717) is 56.5 Å². The fourth-order valence-electron chi connectivity index (χ4n) is 4.64. The van der Waals surface area contributed by atoms with Crippen LogP contribution in [0.1, 0.15) is 50.0 Å². The number of amides is 2. The molecule has 10 nitrogen and oxygen atoms in total. The molecule has 0 saturated carbocycles. The number of carbonyl (C=O) groups excluding carboxylic acids is 2. The second-order valence-corrected chi connectivity index (χ2v) is 10.6. The first-order chi connectivity index (χ1) is 19.7. The van der Waals surface area contributed by atoms with E-state index >= 15 is 0 Å². The molecule has 0 bridgehead atoms. The van der Waals surface area contributed by atoms with E-state index in [2.05, 4.69) is 10.6 Å². The van der Waals surface area contributed by atoms with Gasteiger partial charge < -0.3 is 39.2 Å². The molecule has 0 radical (unpaired) electrons. The maximum atomic E-state index is 13.6. The van der Waals surface area contributed by atoms with Crippen LogP contribution in [0.4, 0.5) is 4.79 Å². The van der Waals surface area contributed by atoms with Crippen molar-refractivity contribution in [2.24, 2.45) is 5.92 Å². The van der Waals surface area contributed by atoms with Crippen molar-refractivity contribution in [3.63, 3.8) is 0 Å². The Morgan fingerprint density at radius 1 is 1.02 bits per heavy atom. The summed E-state index contributed by atoms with van der Waals surface area (Å²) < 4.78 is 27.9. The molecule has 0 spiro atoms. The predicted octanol–water partition coefficient (Wildman–Crippen LogP) is 4.26. The minimum atomic E-state index is -0.494. The van der Waals surface area contributed by atoms with Gasteiger partial charge in [0.25, 0.3) is 5.91 Å². The molecule has 226 valence electrons. The minimum Gasteiger partial charge on any atom is -0.493 e. The van der Waals surface area contributed by atoms with Gasteiger partial charge in [0.05, 0.1) is 19.8 Å². The molecular formula is C31H45N3O7. The van der Waals surface area contributed by atoms with Crippen LogP contribution in [0.25, 0.3) is 0 Å². The first kappa shape index (κ1) is 32.0. The van der Waals surface area contributed by atoms with Crippen molar-refractivity contribution in [2.45, 2.75) is 58.9 Å². The van der Waals surface area contributed by atoms with Gasteiger partial charge in [-0.25, -0.2) is 4.79 Å². The van der Waals surface area contributed by atoms with Crippen molar-refractivity contribution in [1.82, 2.24) is 15.5 Å². The molecule has 2 N–H and O–H groups in total. The van der Waals surface area contributed by atoms with Crippen LogP contribution in [-0.2, 0) is 16.0 Å². The van der Waals surface area contributed by atoms with Gasteiger partial charge in [-0.15, -0.1) is 0 Å². The number of methoxy groups -OCH3 is 2. The Balaban J connectivity index is 1.61. The van der Waals surface area contributed by atoms with Crippen LogP contribution < -0.4 is 24.8 Å². The highest BCUT2D eigenvalue weighted by Crippen LogP contribution is 2.29. The number of hydrogen-bond donors (Lipinski definition) is 2. The van der Waals surface area contributed by atoms with Crippen molar-refractivity contribution < 1.29 is 33.3 Å². The maximum Gasteiger partial charge on any atom is 0.407 e. The molecule has 1 saturated heterocycles. The lowest BCUT2D eigenvalue weighted by Crippen LogP contribution is -2.44. The Bertz CT molecular complexity index is 1120. The molecule has 10 heteroatoms. The number of carbonyl (C=O) groups is 2. The first-order valence-electron chi connectivity index (χ1n) is 14.2. The Hall–Kier alpha value is -3.50. The van der Waals surface area contributed by atoms with Crippen molar-refractivity contribution in [1.29, 1.82) is 0 Å². The lowest BCUT2D eigenvalue weighted by Gasteiger charge is -2.31. The highest BCUT2D eigenvalue weighted by Gasteiger charge is 2.34. The second-order valence-electron chi connectivity index (χ2n) is 10.6. The number of rotatable bonds is 15. The third-order valence-corrected chi connectivity index (χ3v) is 6.72. The molecule has 1 heterocycles. The van der Waals surface area contributed by atoms with Crippen molar-refractivity contribution in [2.75, 3.05) is 47.1 Å². The zero-order valence-corrected chi connectivity index (χ0v) is 25.1. The van der Waals surface area contributed by atoms with E-state index in [0.717, 1.165) is 17.7 Å². The fourth-order valence-corrected chi connectivity index (χ4v) is 4.64.